The number of hydrogen-bond donors (Lipinski definition) is 1. The number of carbonyl (C=O) groups excluding carboxylic acids is 1. The molecule has 3 saturated heterocycles. The van der Waals surface area contributed by atoms with E-state index in [9.17, 15) is 9.59 Å². The number of pyridine rings is 1. The summed E-state index contributed by atoms with van der Waals surface area (Å²) in [5.74, 6) is 0.274. The molecule has 5 heterocycles. The molecule has 5 rings (SSSR count). The summed E-state index contributed by atoms with van der Waals surface area (Å²) in [6.07, 6.45) is 5.23. The second-order valence-corrected chi connectivity index (χ2v) is 10.1. The van der Waals surface area contributed by atoms with Crippen LogP contribution < -0.4 is 10.9 Å². The Morgan fingerprint density at radius 3 is 2.88 bits per heavy atom. The first-order valence-corrected chi connectivity index (χ1v) is 12.7. The van der Waals surface area contributed by atoms with Crippen molar-refractivity contribution in [3.8, 4) is 0 Å². The van der Waals surface area contributed by atoms with Gasteiger partial charge in [-0.25, -0.2) is 4.98 Å². The molecule has 180 valence electrons. The molecule has 0 aromatic carbocycles. The molecule has 0 radical (unpaired) electrons. The van der Waals surface area contributed by atoms with Crippen LogP contribution in [-0.2, 0) is 14.3 Å². The number of thioether (sulfide) groups is 1. The van der Waals surface area contributed by atoms with Gasteiger partial charge in [0.15, 0.2) is 0 Å². The molecule has 1 atom stereocenters. The molecule has 3 fully saturated rings. The van der Waals surface area contributed by atoms with E-state index in [4.69, 9.17) is 21.7 Å². The molecule has 9 nitrogen and oxygen atoms in total. The van der Waals surface area contributed by atoms with Crippen molar-refractivity contribution in [2.45, 2.75) is 18.9 Å². The third-order valence-corrected chi connectivity index (χ3v) is 7.53. The van der Waals surface area contributed by atoms with Crippen LogP contribution >= 0.6 is 24.0 Å². The topological polar surface area (TPSA) is 88.4 Å². The predicted molar refractivity (Wildman–Crippen MR) is 136 cm³/mol. The number of nitrogens with zero attached hydrogens (tertiary/aromatic N) is 4. The van der Waals surface area contributed by atoms with Gasteiger partial charge in [0.05, 0.1) is 36.3 Å². The zero-order chi connectivity index (χ0) is 23.5. The van der Waals surface area contributed by atoms with Gasteiger partial charge < -0.3 is 14.8 Å². The Labute approximate surface area is 207 Å². The Morgan fingerprint density at radius 1 is 1.24 bits per heavy atom. The first-order chi connectivity index (χ1) is 16.6. The number of carbonyl (C=O) groups is 1. The van der Waals surface area contributed by atoms with Gasteiger partial charge in [0.2, 0.25) is 0 Å². The highest BCUT2D eigenvalue weighted by atomic mass is 32.2. The number of amides is 1. The van der Waals surface area contributed by atoms with Gasteiger partial charge in [-0.2, -0.15) is 0 Å². The number of nitrogens with one attached hydrogen (secondary N) is 1. The number of rotatable bonds is 7. The van der Waals surface area contributed by atoms with Crippen LogP contribution in [0.3, 0.4) is 0 Å². The zero-order valence-electron chi connectivity index (χ0n) is 18.8. The van der Waals surface area contributed by atoms with Gasteiger partial charge in [-0.1, -0.05) is 30.0 Å². The Bertz CT molecular complexity index is 1170. The van der Waals surface area contributed by atoms with Gasteiger partial charge in [0.25, 0.3) is 11.5 Å². The summed E-state index contributed by atoms with van der Waals surface area (Å²) < 4.78 is 13.1. The smallest absolute Gasteiger partial charge is 0.267 e. The summed E-state index contributed by atoms with van der Waals surface area (Å²) in [6.45, 7) is 5.82. The van der Waals surface area contributed by atoms with Crippen LogP contribution in [0.15, 0.2) is 34.1 Å². The van der Waals surface area contributed by atoms with Crippen molar-refractivity contribution in [1.29, 1.82) is 0 Å². The molecular weight excluding hydrogens is 474 g/mol. The lowest BCUT2D eigenvalue weighted by Gasteiger charge is -2.26. The van der Waals surface area contributed by atoms with Crippen LogP contribution in [-0.4, -0.2) is 88.1 Å². The third-order valence-electron chi connectivity index (χ3n) is 6.15. The molecule has 0 saturated carbocycles. The van der Waals surface area contributed by atoms with Crippen molar-refractivity contribution in [1.82, 2.24) is 19.2 Å². The molecule has 0 spiro atoms. The van der Waals surface area contributed by atoms with Crippen molar-refractivity contribution in [2.75, 3.05) is 57.9 Å². The Morgan fingerprint density at radius 2 is 2.09 bits per heavy atom. The van der Waals surface area contributed by atoms with E-state index >= 15 is 0 Å². The van der Waals surface area contributed by atoms with E-state index in [1.54, 1.807) is 29.3 Å². The summed E-state index contributed by atoms with van der Waals surface area (Å²) >= 11 is 6.69. The van der Waals surface area contributed by atoms with E-state index in [1.807, 2.05) is 6.07 Å². The average molecular weight is 502 g/mol. The zero-order valence-corrected chi connectivity index (χ0v) is 20.4. The number of fused-ring (bicyclic) bond motifs is 1. The molecule has 0 unspecified atom stereocenters. The first-order valence-electron chi connectivity index (χ1n) is 11.5. The number of thiocarbonyl (C=S) groups is 1. The van der Waals surface area contributed by atoms with E-state index < -0.39 is 0 Å². The molecular formula is C23H27N5O4S2. The summed E-state index contributed by atoms with van der Waals surface area (Å²) in [4.78, 5) is 35.5. The monoisotopic (exact) mass is 501 g/mol. The van der Waals surface area contributed by atoms with E-state index in [-0.39, 0.29) is 17.6 Å². The average Bonchev–Trinajstić information content (AvgIpc) is 3.46. The van der Waals surface area contributed by atoms with Crippen LogP contribution in [0.5, 0.6) is 0 Å². The third kappa shape index (κ3) is 5.03. The quantitative estimate of drug-likeness (QED) is 0.451. The molecule has 11 heteroatoms. The molecule has 2 aromatic heterocycles. The highest BCUT2D eigenvalue weighted by molar-refractivity contribution is 8.26. The van der Waals surface area contributed by atoms with E-state index in [0.29, 0.717) is 46.0 Å². The minimum atomic E-state index is -0.233. The maximum absolute atomic E-state index is 13.4. The molecule has 0 bridgehead atoms. The Hall–Kier alpha value is -2.31. The lowest BCUT2D eigenvalue weighted by molar-refractivity contribution is -0.123. The summed E-state index contributed by atoms with van der Waals surface area (Å²) in [5, 5.41) is 3.32. The van der Waals surface area contributed by atoms with Crippen LogP contribution in [0.1, 0.15) is 18.4 Å². The van der Waals surface area contributed by atoms with E-state index in [0.717, 1.165) is 45.7 Å². The fourth-order valence-corrected chi connectivity index (χ4v) is 5.56. The van der Waals surface area contributed by atoms with Gasteiger partial charge in [0, 0.05) is 39.0 Å². The standard InChI is InChI=1S/C23H27N5O4S2/c29-21-17(14-18-22(30)28(23(33)34-18)15-16-4-3-11-32-16)20(25-19-5-1-2-7-27(19)21)24-6-8-26-9-12-31-13-10-26/h1-2,5,7,14,16,24H,3-4,6,8-13,15H2/b18-14-/t16-/m0/s1. The Kier molecular flexibility index (Phi) is 7.26. The van der Waals surface area contributed by atoms with Crippen molar-refractivity contribution in [3.63, 3.8) is 0 Å². The van der Waals surface area contributed by atoms with Gasteiger partial charge in [0.1, 0.15) is 15.8 Å². The fourth-order valence-electron chi connectivity index (χ4n) is 4.31. The van der Waals surface area contributed by atoms with Crippen molar-refractivity contribution < 1.29 is 14.3 Å². The largest absolute Gasteiger partial charge is 0.379 e. The number of morpholine rings is 1. The minimum Gasteiger partial charge on any atom is -0.379 e. The highest BCUT2D eigenvalue weighted by Gasteiger charge is 2.35. The number of anilines is 1. The van der Waals surface area contributed by atoms with Crippen molar-refractivity contribution >= 4 is 51.7 Å². The molecule has 1 N–H and O–H groups in total. The van der Waals surface area contributed by atoms with Gasteiger partial charge >= 0.3 is 0 Å². The summed E-state index contributed by atoms with van der Waals surface area (Å²) in [7, 11) is 0. The maximum Gasteiger partial charge on any atom is 0.267 e. The molecule has 0 aliphatic carbocycles. The van der Waals surface area contributed by atoms with Gasteiger partial charge in [-0.3, -0.25) is 23.8 Å². The predicted octanol–water partition coefficient (Wildman–Crippen LogP) is 1.82. The lowest BCUT2D eigenvalue weighted by Crippen LogP contribution is -2.39. The summed E-state index contributed by atoms with van der Waals surface area (Å²) in [6, 6.07) is 5.42. The lowest BCUT2D eigenvalue weighted by atomic mass is 10.2. The highest BCUT2D eigenvalue weighted by Crippen LogP contribution is 2.34. The van der Waals surface area contributed by atoms with Crippen molar-refractivity contribution in [3.05, 3.63) is 45.2 Å². The summed E-state index contributed by atoms with van der Waals surface area (Å²) in [5.41, 5.74) is 0.664. The molecule has 3 aliphatic heterocycles. The second kappa shape index (κ2) is 10.5. The molecule has 34 heavy (non-hydrogen) atoms. The van der Waals surface area contributed by atoms with E-state index in [2.05, 4.69) is 15.2 Å². The van der Waals surface area contributed by atoms with Crippen LogP contribution in [0.4, 0.5) is 5.82 Å². The molecule has 1 amide bonds. The SMILES string of the molecule is O=C1/C(=C/c2c(NCCN3CCOCC3)nc3ccccn3c2=O)SC(=S)N1C[C@@H]1CCCO1. The van der Waals surface area contributed by atoms with Crippen molar-refractivity contribution in [2.24, 2.45) is 0 Å². The molecule has 2 aromatic rings. The number of ether oxygens (including phenoxy) is 2. The first kappa shape index (κ1) is 23.4. The Balaban J connectivity index is 1.41. The normalized spacial score (nSPS) is 22.9. The van der Waals surface area contributed by atoms with E-state index in [1.165, 1.54) is 16.2 Å². The molecule has 3 aliphatic rings. The van der Waals surface area contributed by atoms with Gasteiger partial charge in [-0.05, 0) is 31.1 Å². The maximum atomic E-state index is 13.4. The number of aromatic nitrogens is 2. The van der Waals surface area contributed by atoms with Crippen LogP contribution in [0, 0.1) is 0 Å². The second-order valence-electron chi connectivity index (χ2n) is 8.42. The fraction of sp³-hybridized carbons (Fsp3) is 0.478. The van der Waals surface area contributed by atoms with Crippen LogP contribution in [0.2, 0.25) is 0 Å². The number of hydrogen-bond acceptors (Lipinski definition) is 9. The van der Waals surface area contributed by atoms with Gasteiger partial charge in [-0.15, -0.1) is 0 Å². The minimum absolute atomic E-state index is 0.00669. The van der Waals surface area contributed by atoms with Crippen LogP contribution in [0.25, 0.3) is 11.7 Å².